The zero-order chi connectivity index (χ0) is 15.6. The summed E-state index contributed by atoms with van der Waals surface area (Å²) in [4.78, 5) is 4.40. The Kier molecular flexibility index (Phi) is 4.27. The van der Waals surface area contributed by atoms with Crippen LogP contribution >= 0.6 is 11.8 Å². The van der Waals surface area contributed by atoms with E-state index in [4.69, 9.17) is 0 Å². The Labute approximate surface area is 141 Å². The number of fused-ring (bicyclic) bond motifs is 2. The van der Waals surface area contributed by atoms with Crippen LogP contribution in [0.5, 0.6) is 5.75 Å². The summed E-state index contributed by atoms with van der Waals surface area (Å²) >= 11 is 1.85. The second-order valence-electron chi connectivity index (χ2n) is 6.68. The van der Waals surface area contributed by atoms with Crippen LogP contribution in [0.3, 0.4) is 0 Å². The zero-order valence-corrected chi connectivity index (χ0v) is 13.9. The van der Waals surface area contributed by atoms with E-state index in [2.05, 4.69) is 22.4 Å². The molecule has 0 amide bonds. The molecule has 1 saturated heterocycles. The number of piperidine rings is 1. The van der Waals surface area contributed by atoms with Crippen molar-refractivity contribution in [1.29, 1.82) is 0 Å². The van der Waals surface area contributed by atoms with Gasteiger partial charge in [-0.05, 0) is 67.0 Å². The normalized spacial score (nSPS) is 26.3. The van der Waals surface area contributed by atoms with E-state index >= 15 is 0 Å². The van der Waals surface area contributed by atoms with Gasteiger partial charge in [-0.2, -0.15) is 0 Å². The largest absolute Gasteiger partial charge is 0.508 e. The molecule has 3 unspecified atom stereocenters. The van der Waals surface area contributed by atoms with Gasteiger partial charge in [-0.15, -0.1) is 11.8 Å². The molecule has 0 spiro atoms. The molecule has 2 N–H and O–H groups in total. The monoisotopic (exact) mass is 326 g/mol. The number of phenols is 1. The summed E-state index contributed by atoms with van der Waals surface area (Å²) in [5.41, 5.74) is 2.49. The SMILES string of the molecule is Oc1cccc2c1CC1CC(CSc3ccccn3)CNC1C2. The standard InChI is InChI=1S/C19H22N2OS/c22-18-5-3-4-14-10-17-15(9-16(14)18)8-13(11-21-17)12-23-19-6-1-2-7-20-19/h1-7,13,15,17,21-22H,8-12H2. The van der Waals surface area contributed by atoms with Crippen LogP contribution in [0.2, 0.25) is 0 Å². The van der Waals surface area contributed by atoms with E-state index in [-0.39, 0.29) is 0 Å². The smallest absolute Gasteiger partial charge is 0.119 e. The van der Waals surface area contributed by atoms with Crippen LogP contribution in [-0.2, 0) is 12.8 Å². The Morgan fingerprint density at radius 3 is 3.00 bits per heavy atom. The molecule has 1 aromatic carbocycles. The fraction of sp³-hybridized carbons (Fsp3) is 0.421. The third-order valence-electron chi connectivity index (χ3n) is 5.13. The molecule has 23 heavy (non-hydrogen) atoms. The summed E-state index contributed by atoms with van der Waals surface area (Å²) in [5, 5.41) is 15.0. The van der Waals surface area contributed by atoms with Crippen LogP contribution < -0.4 is 5.32 Å². The zero-order valence-electron chi connectivity index (χ0n) is 13.1. The number of hydrogen-bond acceptors (Lipinski definition) is 4. The summed E-state index contributed by atoms with van der Waals surface area (Å²) in [6.45, 7) is 1.09. The van der Waals surface area contributed by atoms with Crippen molar-refractivity contribution in [2.45, 2.75) is 30.3 Å². The van der Waals surface area contributed by atoms with Gasteiger partial charge >= 0.3 is 0 Å². The van der Waals surface area contributed by atoms with Gasteiger partial charge in [0.25, 0.3) is 0 Å². The van der Waals surface area contributed by atoms with E-state index in [9.17, 15) is 5.11 Å². The van der Waals surface area contributed by atoms with Gasteiger partial charge in [-0.1, -0.05) is 18.2 Å². The molecular formula is C19H22N2OS. The first-order valence-corrected chi connectivity index (χ1v) is 9.35. The fourth-order valence-electron chi connectivity index (χ4n) is 3.93. The summed E-state index contributed by atoms with van der Waals surface area (Å²) in [6.07, 6.45) is 5.16. The quantitative estimate of drug-likeness (QED) is 0.850. The molecule has 4 rings (SSSR count). The highest BCUT2D eigenvalue weighted by Crippen LogP contribution is 2.37. The van der Waals surface area contributed by atoms with Gasteiger partial charge in [-0.25, -0.2) is 4.98 Å². The van der Waals surface area contributed by atoms with Crippen molar-refractivity contribution in [2.75, 3.05) is 12.3 Å². The molecule has 3 nitrogen and oxygen atoms in total. The summed E-state index contributed by atoms with van der Waals surface area (Å²) in [5.74, 6) is 2.90. The molecule has 2 aromatic rings. The van der Waals surface area contributed by atoms with Gasteiger partial charge in [0.2, 0.25) is 0 Å². The van der Waals surface area contributed by atoms with Crippen molar-refractivity contribution in [3.63, 3.8) is 0 Å². The maximum absolute atomic E-state index is 10.1. The third kappa shape index (κ3) is 3.24. The van der Waals surface area contributed by atoms with Gasteiger partial charge in [0.15, 0.2) is 0 Å². The number of thioether (sulfide) groups is 1. The molecule has 3 atom stereocenters. The van der Waals surface area contributed by atoms with Crippen LogP contribution in [0.15, 0.2) is 47.6 Å². The highest BCUT2D eigenvalue weighted by atomic mass is 32.2. The minimum absolute atomic E-state index is 0.478. The molecular weight excluding hydrogens is 304 g/mol. The Hall–Kier alpha value is -1.52. The number of benzene rings is 1. The fourth-order valence-corrected chi connectivity index (χ4v) is 4.91. The van der Waals surface area contributed by atoms with Gasteiger partial charge in [-0.3, -0.25) is 0 Å². The predicted molar refractivity (Wildman–Crippen MR) is 93.9 cm³/mol. The van der Waals surface area contributed by atoms with Crippen molar-refractivity contribution in [2.24, 2.45) is 11.8 Å². The Morgan fingerprint density at radius 1 is 1.17 bits per heavy atom. The van der Waals surface area contributed by atoms with E-state index in [1.165, 1.54) is 17.5 Å². The van der Waals surface area contributed by atoms with Crippen molar-refractivity contribution in [1.82, 2.24) is 10.3 Å². The van der Waals surface area contributed by atoms with Crippen molar-refractivity contribution in [3.05, 3.63) is 53.7 Å². The van der Waals surface area contributed by atoms with Crippen LogP contribution in [0, 0.1) is 11.8 Å². The molecule has 4 heteroatoms. The van der Waals surface area contributed by atoms with E-state index in [1.807, 2.05) is 42.2 Å². The first-order chi connectivity index (χ1) is 11.3. The molecule has 1 aromatic heterocycles. The summed E-state index contributed by atoms with van der Waals surface area (Å²) in [6, 6.07) is 12.6. The number of phenolic OH excluding ortho intramolecular Hbond substituents is 1. The van der Waals surface area contributed by atoms with E-state index < -0.39 is 0 Å². The summed E-state index contributed by atoms with van der Waals surface area (Å²) in [7, 11) is 0. The van der Waals surface area contributed by atoms with Gasteiger partial charge in [0, 0.05) is 18.0 Å². The molecule has 2 heterocycles. The second-order valence-corrected chi connectivity index (χ2v) is 7.72. The average molecular weight is 326 g/mol. The Morgan fingerprint density at radius 2 is 2.13 bits per heavy atom. The number of pyridine rings is 1. The number of nitrogens with one attached hydrogen (secondary N) is 1. The molecule has 0 saturated carbocycles. The number of hydrogen-bond donors (Lipinski definition) is 2. The van der Waals surface area contributed by atoms with Gasteiger partial charge in [0.05, 0.1) is 5.03 Å². The van der Waals surface area contributed by atoms with Crippen LogP contribution in [0.4, 0.5) is 0 Å². The molecule has 2 aliphatic rings. The van der Waals surface area contributed by atoms with Gasteiger partial charge in [0.1, 0.15) is 5.75 Å². The van der Waals surface area contributed by atoms with Crippen molar-refractivity contribution < 1.29 is 5.11 Å². The topological polar surface area (TPSA) is 45.2 Å². The van der Waals surface area contributed by atoms with Crippen LogP contribution in [-0.4, -0.2) is 28.4 Å². The second kappa shape index (κ2) is 6.54. The molecule has 120 valence electrons. The Bertz CT molecular complexity index is 676. The average Bonchev–Trinajstić information content (AvgIpc) is 2.60. The van der Waals surface area contributed by atoms with Crippen LogP contribution in [0.25, 0.3) is 0 Å². The maximum Gasteiger partial charge on any atom is 0.119 e. The van der Waals surface area contributed by atoms with Crippen molar-refractivity contribution >= 4 is 11.8 Å². The minimum Gasteiger partial charge on any atom is -0.508 e. The van der Waals surface area contributed by atoms with E-state index in [1.54, 1.807) is 0 Å². The highest BCUT2D eigenvalue weighted by Gasteiger charge is 2.34. The first-order valence-electron chi connectivity index (χ1n) is 8.36. The van der Waals surface area contributed by atoms with Gasteiger partial charge < -0.3 is 10.4 Å². The lowest BCUT2D eigenvalue weighted by Gasteiger charge is -2.41. The first kappa shape index (κ1) is 15.0. The maximum atomic E-state index is 10.1. The number of nitrogens with zero attached hydrogens (tertiary/aromatic N) is 1. The highest BCUT2D eigenvalue weighted by molar-refractivity contribution is 7.99. The van der Waals surface area contributed by atoms with E-state index in [0.717, 1.165) is 30.2 Å². The molecule has 1 aliphatic heterocycles. The third-order valence-corrected chi connectivity index (χ3v) is 6.31. The number of aromatic hydroxyl groups is 1. The molecule has 1 aliphatic carbocycles. The molecule has 0 bridgehead atoms. The van der Waals surface area contributed by atoms with Crippen LogP contribution in [0.1, 0.15) is 17.5 Å². The lowest BCUT2D eigenvalue weighted by molar-refractivity contribution is 0.215. The molecule has 1 fully saturated rings. The minimum atomic E-state index is 0.478. The van der Waals surface area contributed by atoms with Crippen molar-refractivity contribution in [3.8, 4) is 5.75 Å². The predicted octanol–water partition coefficient (Wildman–Crippen LogP) is 3.27. The lowest BCUT2D eigenvalue weighted by atomic mass is 9.74. The summed E-state index contributed by atoms with van der Waals surface area (Å²) < 4.78 is 0. The number of aromatic nitrogens is 1. The number of rotatable bonds is 3. The van der Waals surface area contributed by atoms with E-state index in [0.29, 0.717) is 23.6 Å². The Balaban J connectivity index is 1.40. The lowest BCUT2D eigenvalue weighted by Crippen LogP contribution is -2.49. The molecule has 0 radical (unpaired) electrons.